The normalized spacial score (nSPS) is 30.6. The maximum atomic E-state index is 6.29. The van der Waals surface area contributed by atoms with Crippen LogP contribution in [0.4, 0.5) is 0 Å². The fourth-order valence-corrected chi connectivity index (χ4v) is 4.26. The molecule has 0 aromatic rings. The van der Waals surface area contributed by atoms with Crippen molar-refractivity contribution >= 4 is 0 Å². The van der Waals surface area contributed by atoms with E-state index in [2.05, 4.69) is 11.8 Å². The third kappa shape index (κ3) is 5.04. The molecule has 0 aromatic heterocycles. The van der Waals surface area contributed by atoms with Gasteiger partial charge in [0.1, 0.15) is 0 Å². The van der Waals surface area contributed by atoms with Crippen LogP contribution in [0.5, 0.6) is 0 Å². The number of nitrogens with zero attached hydrogens (tertiary/aromatic N) is 1. The van der Waals surface area contributed by atoms with Crippen LogP contribution in [0, 0.1) is 11.8 Å². The van der Waals surface area contributed by atoms with Crippen LogP contribution >= 0.6 is 0 Å². The van der Waals surface area contributed by atoms with E-state index in [1.54, 1.807) is 0 Å². The zero-order chi connectivity index (χ0) is 14.2. The van der Waals surface area contributed by atoms with Crippen LogP contribution < -0.4 is 5.73 Å². The highest BCUT2D eigenvalue weighted by atomic mass is 15.2. The third-order valence-electron chi connectivity index (χ3n) is 5.56. The minimum atomic E-state index is 0.498. The summed E-state index contributed by atoms with van der Waals surface area (Å²) in [6.07, 6.45) is 15.5. The lowest BCUT2D eigenvalue weighted by Gasteiger charge is -2.29. The van der Waals surface area contributed by atoms with Crippen molar-refractivity contribution in [1.82, 2.24) is 4.90 Å². The van der Waals surface area contributed by atoms with Crippen LogP contribution in [0.1, 0.15) is 77.6 Å². The summed E-state index contributed by atoms with van der Waals surface area (Å²) in [5.41, 5.74) is 6.29. The Hall–Kier alpha value is -0.0800. The molecule has 0 bridgehead atoms. The number of hydrogen-bond acceptors (Lipinski definition) is 2. The van der Waals surface area contributed by atoms with Gasteiger partial charge >= 0.3 is 0 Å². The van der Waals surface area contributed by atoms with E-state index in [0.29, 0.717) is 6.04 Å². The first-order chi connectivity index (χ1) is 9.81. The Morgan fingerprint density at radius 3 is 2.30 bits per heavy atom. The van der Waals surface area contributed by atoms with Gasteiger partial charge in [0.2, 0.25) is 0 Å². The molecule has 2 rings (SSSR count). The number of hydrogen-bond donors (Lipinski definition) is 1. The topological polar surface area (TPSA) is 29.3 Å². The summed E-state index contributed by atoms with van der Waals surface area (Å²) in [5.74, 6) is 1.74. The van der Waals surface area contributed by atoms with E-state index in [4.69, 9.17) is 5.73 Å². The predicted octanol–water partition coefficient (Wildman–Crippen LogP) is 4.19. The largest absolute Gasteiger partial charge is 0.327 e. The maximum absolute atomic E-state index is 6.29. The number of rotatable bonds is 9. The standard InChI is InChI=1S/C18H36N2/c1-2-3-4-5-6-7-8-9-13-20-14-16-11-10-12-18(19)17(16)15-20/h16-18H,2-15,19H2,1H3. The highest BCUT2D eigenvalue weighted by Crippen LogP contribution is 2.35. The molecule has 2 N–H and O–H groups in total. The van der Waals surface area contributed by atoms with Gasteiger partial charge < -0.3 is 10.6 Å². The molecule has 1 heterocycles. The van der Waals surface area contributed by atoms with Gasteiger partial charge in [-0.3, -0.25) is 0 Å². The van der Waals surface area contributed by atoms with Crippen molar-refractivity contribution in [1.29, 1.82) is 0 Å². The summed E-state index contributed by atoms with van der Waals surface area (Å²) >= 11 is 0. The number of likely N-dealkylation sites (tertiary alicyclic amines) is 1. The van der Waals surface area contributed by atoms with E-state index in [1.165, 1.54) is 90.3 Å². The van der Waals surface area contributed by atoms with E-state index in [1.807, 2.05) is 0 Å². The first kappa shape index (κ1) is 16.3. The molecule has 3 atom stereocenters. The van der Waals surface area contributed by atoms with Gasteiger partial charge in [-0.25, -0.2) is 0 Å². The van der Waals surface area contributed by atoms with Crippen LogP contribution in [0.15, 0.2) is 0 Å². The van der Waals surface area contributed by atoms with Crippen molar-refractivity contribution < 1.29 is 0 Å². The molecule has 20 heavy (non-hydrogen) atoms. The molecule has 2 aliphatic rings. The molecule has 1 aliphatic carbocycles. The summed E-state index contributed by atoms with van der Waals surface area (Å²) in [4.78, 5) is 2.71. The molecule has 2 heteroatoms. The minimum absolute atomic E-state index is 0.498. The van der Waals surface area contributed by atoms with E-state index in [9.17, 15) is 0 Å². The van der Waals surface area contributed by atoms with Gasteiger partial charge in [0.05, 0.1) is 0 Å². The minimum Gasteiger partial charge on any atom is -0.327 e. The van der Waals surface area contributed by atoms with Crippen molar-refractivity contribution in [3.63, 3.8) is 0 Å². The van der Waals surface area contributed by atoms with Crippen molar-refractivity contribution in [3.8, 4) is 0 Å². The Balaban J connectivity index is 1.48. The average molecular weight is 280 g/mol. The highest BCUT2D eigenvalue weighted by Gasteiger charge is 2.38. The Morgan fingerprint density at radius 2 is 1.60 bits per heavy atom. The molecular formula is C18H36N2. The van der Waals surface area contributed by atoms with Gasteiger partial charge in [-0.1, -0.05) is 58.3 Å². The summed E-state index contributed by atoms with van der Waals surface area (Å²) in [7, 11) is 0. The summed E-state index contributed by atoms with van der Waals surface area (Å²) < 4.78 is 0. The lowest BCUT2D eigenvalue weighted by Crippen LogP contribution is -2.38. The quantitative estimate of drug-likeness (QED) is 0.642. The fraction of sp³-hybridized carbons (Fsp3) is 1.00. The number of unbranched alkanes of at least 4 members (excludes halogenated alkanes) is 7. The molecule has 1 aliphatic heterocycles. The lowest BCUT2D eigenvalue weighted by atomic mass is 9.78. The molecule has 1 saturated carbocycles. The Morgan fingerprint density at radius 1 is 0.900 bits per heavy atom. The van der Waals surface area contributed by atoms with E-state index in [-0.39, 0.29) is 0 Å². The van der Waals surface area contributed by atoms with Crippen molar-refractivity contribution in [2.24, 2.45) is 17.6 Å². The van der Waals surface area contributed by atoms with Crippen molar-refractivity contribution in [2.75, 3.05) is 19.6 Å². The van der Waals surface area contributed by atoms with Crippen LogP contribution in [0.2, 0.25) is 0 Å². The average Bonchev–Trinajstić information content (AvgIpc) is 2.86. The zero-order valence-electron chi connectivity index (χ0n) is 13.7. The maximum Gasteiger partial charge on any atom is 0.00825 e. The molecule has 2 fully saturated rings. The molecule has 0 radical (unpaired) electrons. The second kappa shape index (κ2) is 9.04. The number of fused-ring (bicyclic) bond motifs is 1. The van der Waals surface area contributed by atoms with Crippen molar-refractivity contribution in [3.05, 3.63) is 0 Å². The van der Waals surface area contributed by atoms with Gasteiger partial charge in [-0.2, -0.15) is 0 Å². The van der Waals surface area contributed by atoms with Gasteiger partial charge in [-0.05, 0) is 37.6 Å². The molecule has 118 valence electrons. The summed E-state index contributed by atoms with van der Waals surface area (Å²) in [5, 5.41) is 0. The monoisotopic (exact) mass is 280 g/mol. The van der Waals surface area contributed by atoms with Crippen molar-refractivity contribution in [2.45, 2.75) is 83.6 Å². The van der Waals surface area contributed by atoms with Gasteiger partial charge in [0.25, 0.3) is 0 Å². The molecule has 2 nitrogen and oxygen atoms in total. The van der Waals surface area contributed by atoms with Crippen LogP contribution in [0.3, 0.4) is 0 Å². The van der Waals surface area contributed by atoms with E-state index >= 15 is 0 Å². The van der Waals surface area contributed by atoms with Crippen LogP contribution in [0.25, 0.3) is 0 Å². The van der Waals surface area contributed by atoms with E-state index in [0.717, 1.165) is 11.8 Å². The molecule has 0 aromatic carbocycles. The Kier molecular flexibility index (Phi) is 7.37. The molecule has 0 amide bonds. The van der Waals surface area contributed by atoms with Gasteiger partial charge in [-0.15, -0.1) is 0 Å². The third-order valence-corrected chi connectivity index (χ3v) is 5.56. The zero-order valence-corrected chi connectivity index (χ0v) is 13.7. The first-order valence-electron chi connectivity index (χ1n) is 9.29. The molecule has 1 saturated heterocycles. The smallest absolute Gasteiger partial charge is 0.00825 e. The summed E-state index contributed by atoms with van der Waals surface area (Å²) in [6, 6.07) is 0.498. The lowest BCUT2D eigenvalue weighted by molar-refractivity contribution is 0.259. The van der Waals surface area contributed by atoms with Gasteiger partial charge in [0.15, 0.2) is 0 Å². The van der Waals surface area contributed by atoms with Crippen LogP contribution in [-0.2, 0) is 0 Å². The highest BCUT2D eigenvalue weighted by molar-refractivity contribution is 4.92. The summed E-state index contributed by atoms with van der Waals surface area (Å²) in [6.45, 7) is 6.26. The second-order valence-corrected chi connectivity index (χ2v) is 7.25. The Labute approximate surface area is 126 Å². The molecular weight excluding hydrogens is 244 g/mol. The predicted molar refractivity (Wildman–Crippen MR) is 87.9 cm³/mol. The van der Waals surface area contributed by atoms with Crippen LogP contribution in [-0.4, -0.2) is 30.6 Å². The fourth-order valence-electron chi connectivity index (χ4n) is 4.26. The first-order valence-corrected chi connectivity index (χ1v) is 9.29. The Bertz CT molecular complexity index is 254. The SMILES string of the molecule is CCCCCCCCCCN1CC2CCCC(N)C2C1. The number of nitrogens with two attached hydrogens (primary N) is 1. The van der Waals surface area contributed by atoms with Gasteiger partial charge in [0, 0.05) is 19.1 Å². The molecule has 3 unspecified atom stereocenters. The molecule has 0 spiro atoms. The second-order valence-electron chi connectivity index (χ2n) is 7.25. The van der Waals surface area contributed by atoms with E-state index < -0.39 is 0 Å².